The van der Waals surface area contributed by atoms with Gasteiger partial charge in [-0.2, -0.15) is 14.9 Å². The van der Waals surface area contributed by atoms with Gasteiger partial charge in [-0.1, -0.05) is 42.0 Å². The molecule has 4 aromatic rings. The van der Waals surface area contributed by atoms with E-state index in [0.29, 0.717) is 40.0 Å². The van der Waals surface area contributed by atoms with Crippen molar-refractivity contribution in [3.8, 4) is 17.6 Å². The van der Waals surface area contributed by atoms with Crippen LogP contribution in [0, 0.1) is 18.3 Å². The van der Waals surface area contributed by atoms with Gasteiger partial charge >= 0.3 is 0 Å². The molecule has 1 amide bonds. The van der Waals surface area contributed by atoms with Crippen LogP contribution in [-0.4, -0.2) is 27.1 Å². The van der Waals surface area contributed by atoms with Crippen LogP contribution in [-0.2, 0) is 17.8 Å². The van der Waals surface area contributed by atoms with Gasteiger partial charge < -0.3 is 14.8 Å². The molecule has 0 atom stereocenters. The average Bonchev–Trinajstić information content (AvgIpc) is 3.32. The number of nitrogens with zero attached hydrogens (tertiary/aromatic N) is 4. The van der Waals surface area contributed by atoms with E-state index < -0.39 is 5.91 Å². The van der Waals surface area contributed by atoms with Crippen LogP contribution >= 0.6 is 11.3 Å². The zero-order valence-corrected chi connectivity index (χ0v) is 21.5. The van der Waals surface area contributed by atoms with Gasteiger partial charge in [-0.05, 0) is 56.2 Å². The van der Waals surface area contributed by atoms with Crippen molar-refractivity contribution in [2.45, 2.75) is 33.8 Å². The Morgan fingerprint density at radius 2 is 1.92 bits per heavy atom. The second-order valence-corrected chi connectivity index (χ2v) is 9.09. The fraction of sp³-hybridized carbons (Fsp3) is 0.222. The van der Waals surface area contributed by atoms with E-state index in [9.17, 15) is 14.9 Å². The van der Waals surface area contributed by atoms with Gasteiger partial charge in [0.1, 0.15) is 23.3 Å². The summed E-state index contributed by atoms with van der Waals surface area (Å²) in [5.41, 5.74) is 2.43. The molecule has 1 N–H and O–H groups in total. The number of hydrogen-bond donors (Lipinski definition) is 1. The molecule has 0 aliphatic rings. The number of anilines is 1. The van der Waals surface area contributed by atoms with Crippen molar-refractivity contribution in [1.82, 2.24) is 14.6 Å². The molecule has 2 aromatic carbocycles. The molecule has 10 heteroatoms. The maximum atomic E-state index is 12.6. The van der Waals surface area contributed by atoms with Gasteiger partial charge in [0.25, 0.3) is 11.5 Å². The molecule has 0 saturated heterocycles. The summed E-state index contributed by atoms with van der Waals surface area (Å²) in [6, 6.07) is 15.8. The number of nitriles is 1. The molecular formula is C27H25N5O4S. The standard InChI is InChI=1S/C27H25N5O4S/c1-4-24-31-32-25(33)14-21(30-27(32)37-24)16-36-22-11-8-18(13-23(22)35-5-2)12-19(15-28)26(34)29-20-9-6-17(3)7-10-20/h6-14H,4-5,16H2,1-3H3,(H,29,34). The van der Waals surface area contributed by atoms with Crippen LogP contribution in [0.4, 0.5) is 5.69 Å². The summed E-state index contributed by atoms with van der Waals surface area (Å²) in [5, 5.41) is 17.4. The van der Waals surface area contributed by atoms with Crippen LogP contribution in [0.2, 0.25) is 0 Å². The van der Waals surface area contributed by atoms with E-state index >= 15 is 0 Å². The quantitative estimate of drug-likeness (QED) is 0.257. The van der Waals surface area contributed by atoms with Crippen molar-refractivity contribution < 1.29 is 14.3 Å². The highest BCUT2D eigenvalue weighted by Gasteiger charge is 2.13. The number of benzene rings is 2. The van der Waals surface area contributed by atoms with Gasteiger partial charge in [-0.15, -0.1) is 0 Å². The predicted octanol–water partition coefficient (Wildman–Crippen LogP) is 4.55. The predicted molar refractivity (Wildman–Crippen MR) is 142 cm³/mol. The van der Waals surface area contributed by atoms with Crippen molar-refractivity contribution >= 4 is 34.0 Å². The van der Waals surface area contributed by atoms with Crippen LogP contribution < -0.4 is 20.3 Å². The van der Waals surface area contributed by atoms with Gasteiger partial charge in [-0.3, -0.25) is 9.59 Å². The van der Waals surface area contributed by atoms with Gasteiger partial charge in [0.2, 0.25) is 4.96 Å². The first-order chi connectivity index (χ1) is 17.9. The number of hydrogen-bond acceptors (Lipinski definition) is 8. The van der Waals surface area contributed by atoms with Gasteiger partial charge in [0, 0.05) is 11.8 Å². The molecule has 188 valence electrons. The third-order valence-electron chi connectivity index (χ3n) is 5.27. The summed E-state index contributed by atoms with van der Waals surface area (Å²) < 4.78 is 12.9. The maximum Gasteiger partial charge on any atom is 0.275 e. The minimum atomic E-state index is -0.508. The van der Waals surface area contributed by atoms with Crippen molar-refractivity contribution in [1.29, 1.82) is 5.26 Å². The molecular weight excluding hydrogens is 490 g/mol. The second kappa shape index (κ2) is 11.5. The Hall–Kier alpha value is -4.49. The first-order valence-electron chi connectivity index (χ1n) is 11.7. The van der Waals surface area contributed by atoms with Gasteiger partial charge in [-0.25, -0.2) is 4.98 Å². The van der Waals surface area contributed by atoms with E-state index in [1.165, 1.54) is 28.0 Å². The largest absolute Gasteiger partial charge is 0.490 e. The van der Waals surface area contributed by atoms with E-state index in [-0.39, 0.29) is 17.7 Å². The van der Waals surface area contributed by atoms with E-state index in [4.69, 9.17) is 9.47 Å². The molecule has 0 fully saturated rings. The number of rotatable bonds is 9. The second-order valence-electron chi connectivity index (χ2n) is 8.05. The highest BCUT2D eigenvalue weighted by Crippen LogP contribution is 2.30. The number of ether oxygens (including phenoxy) is 2. The number of nitrogens with one attached hydrogen (secondary N) is 1. The Labute approximate surface area is 217 Å². The molecule has 2 heterocycles. The molecule has 2 aromatic heterocycles. The third-order valence-corrected chi connectivity index (χ3v) is 6.32. The number of aryl methyl sites for hydroxylation is 2. The van der Waals surface area contributed by atoms with Crippen LogP contribution in [0.1, 0.15) is 35.7 Å². The smallest absolute Gasteiger partial charge is 0.275 e. The first-order valence-corrected chi connectivity index (χ1v) is 12.5. The zero-order valence-electron chi connectivity index (χ0n) is 20.6. The molecule has 4 rings (SSSR count). The summed E-state index contributed by atoms with van der Waals surface area (Å²) in [5.74, 6) is 0.380. The lowest BCUT2D eigenvalue weighted by Gasteiger charge is -2.12. The number of aromatic nitrogens is 3. The molecule has 9 nitrogen and oxygen atoms in total. The van der Waals surface area contributed by atoms with Crippen molar-refractivity contribution in [3.05, 3.63) is 86.3 Å². The highest BCUT2D eigenvalue weighted by atomic mass is 32.1. The molecule has 0 aliphatic carbocycles. The normalized spacial score (nSPS) is 11.2. The Bertz CT molecular complexity index is 1560. The van der Waals surface area contributed by atoms with E-state index in [0.717, 1.165) is 17.0 Å². The molecule has 0 radical (unpaired) electrons. The van der Waals surface area contributed by atoms with Gasteiger partial charge in [0.15, 0.2) is 11.5 Å². The lowest BCUT2D eigenvalue weighted by molar-refractivity contribution is -0.112. The fourth-order valence-electron chi connectivity index (χ4n) is 3.42. The van der Waals surface area contributed by atoms with E-state index in [1.54, 1.807) is 30.3 Å². The average molecular weight is 516 g/mol. The molecule has 0 unspecified atom stereocenters. The lowest BCUT2D eigenvalue weighted by Crippen LogP contribution is -2.16. The van der Waals surface area contributed by atoms with Crippen molar-refractivity contribution in [2.24, 2.45) is 0 Å². The Morgan fingerprint density at radius 1 is 1.14 bits per heavy atom. The summed E-state index contributed by atoms with van der Waals surface area (Å²) in [4.78, 5) is 30.0. The van der Waals surface area contributed by atoms with Crippen molar-refractivity contribution in [3.63, 3.8) is 0 Å². The monoisotopic (exact) mass is 515 g/mol. The van der Waals surface area contributed by atoms with Crippen LogP contribution in [0.25, 0.3) is 11.0 Å². The lowest BCUT2D eigenvalue weighted by atomic mass is 10.1. The van der Waals surface area contributed by atoms with Crippen LogP contribution in [0.15, 0.2) is 58.9 Å². The number of carbonyl (C=O) groups is 1. The minimum Gasteiger partial charge on any atom is -0.490 e. The fourth-order valence-corrected chi connectivity index (χ4v) is 4.27. The summed E-state index contributed by atoms with van der Waals surface area (Å²) >= 11 is 1.37. The maximum absolute atomic E-state index is 12.6. The number of carbonyl (C=O) groups excluding carboxylic acids is 1. The van der Waals surface area contributed by atoms with Crippen LogP contribution in [0.5, 0.6) is 11.5 Å². The van der Waals surface area contributed by atoms with Gasteiger partial charge in [0.05, 0.1) is 12.3 Å². The highest BCUT2D eigenvalue weighted by molar-refractivity contribution is 7.16. The Kier molecular flexibility index (Phi) is 7.95. The summed E-state index contributed by atoms with van der Waals surface area (Å²) in [6.07, 6.45) is 2.21. The zero-order chi connectivity index (χ0) is 26.4. The molecule has 0 aliphatic heterocycles. The molecule has 37 heavy (non-hydrogen) atoms. The molecule has 0 bridgehead atoms. The number of amides is 1. The molecule has 0 spiro atoms. The summed E-state index contributed by atoms with van der Waals surface area (Å²) in [6.45, 7) is 6.20. The SMILES string of the molecule is CCOc1cc(C=C(C#N)C(=O)Nc2ccc(C)cc2)ccc1OCc1cc(=O)n2nc(CC)sc2n1. The third kappa shape index (κ3) is 6.20. The van der Waals surface area contributed by atoms with E-state index in [1.807, 2.05) is 39.0 Å². The van der Waals surface area contributed by atoms with Crippen molar-refractivity contribution in [2.75, 3.05) is 11.9 Å². The van der Waals surface area contributed by atoms with E-state index in [2.05, 4.69) is 15.4 Å². The van der Waals surface area contributed by atoms with Crippen LogP contribution in [0.3, 0.4) is 0 Å². The summed E-state index contributed by atoms with van der Waals surface area (Å²) in [7, 11) is 0. The number of fused-ring (bicyclic) bond motifs is 1. The minimum absolute atomic E-state index is 0.0503. The first kappa shape index (κ1) is 25.6. The Balaban J connectivity index is 1.52. The Morgan fingerprint density at radius 3 is 2.62 bits per heavy atom. The molecule has 0 saturated carbocycles. The topological polar surface area (TPSA) is 119 Å².